The lowest BCUT2D eigenvalue weighted by atomic mass is 9.66. The van der Waals surface area contributed by atoms with Crippen molar-refractivity contribution in [1.82, 2.24) is 15.5 Å². The number of carbonyl (C=O) groups excluding carboxylic acids is 3. The van der Waals surface area contributed by atoms with E-state index in [4.69, 9.17) is 16.3 Å². The highest BCUT2D eigenvalue weighted by Crippen LogP contribution is 2.46. The molecule has 0 bridgehead atoms. The zero-order valence-electron chi connectivity index (χ0n) is 21.6. The number of benzene rings is 1. The number of carbonyl (C=O) groups is 3. The van der Waals surface area contributed by atoms with Gasteiger partial charge in [-0.05, 0) is 49.3 Å². The third-order valence-corrected chi connectivity index (χ3v) is 8.72. The number of amides is 3. The Hall–Kier alpha value is -2.32. The Morgan fingerprint density at radius 3 is 2.50 bits per heavy atom. The molecule has 1 aliphatic carbocycles. The number of piperidine rings is 1. The van der Waals surface area contributed by atoms with E-state index in [0.717, 1.165) is 12.0 Å². The van der Waals surface area contributed by atoms with Gasteiger partial charge in [-0.1, -0.05) is 51.4 Å². The molecule has 2 aliphatic heterocycles. The molecule has 1 aromatic carbocycles. The zero-order chi connectivity index (χ0) is 26.3. The molecule has 198 valence electrons. The van der Waals surface area contributed by atoms with Crippen molar-refractivity contribution in [3.05, 3.63) is 34.9 Å². The first-order valence-electron chi connectivity index (χ1n) is 12.9. The summed E-state index contributed by atoms with van der Waals surface area (Å²) in [5.74, 6) is -0.984. The maximum atomic E-state index is 13.7. The van der Waals surface area contributed by atoms with Gasteiger partial charge in [-0.25, -0.2) is 4.79 Å². The van der Waals surface area contributed by atoms with Crippen LogP contribution in [0.2, 0.25) is 5.02 Å². The second kappa shape index (κ2) is 9.86. The Morgan fingerprint density at radius 2 is 1.89 bits per heavy atom. The van der Waals surface area contributed by atoms with Crippen molar-refractivity contribution in [2.45, 2.75) is 77.0 Å². The number of nitrogens with one attached hydrogen (secondary N) is 2. The molecule has 2 unspecified atom stereocenters. The first-order chi connectivity index (χ1) is 16.9. The second-order valence-electron chi connectivity index (χ2n) is 11.6. The fraction of sp³-hybridized carbons (Fsp3) is 0.667. The quantitative estimate of drug-likeness (QED) is 0.551. The summed E-state index contributed by atoms with van der Waals surface area (Å²) < 4.78 is 5.64. The van der Waals surface area contributed by atoms with Crippen molar-refractivity contribution in [2.75, 3.05) is 19.6 Å². The highest BCUT2D eigenvalue weighted by Gasteiger charge is 2.53. The van der Waals surface area contributed by atoms with Crippen LogP contribution in [0.5, 0.6) is 0 Å². The molecule has 3 fully saturated rings. The summed E-state index contributed by atoms with van der Waals surface area (Å²) in [5, 5.41) is 17.9. The average Bonchev–Trinajstić information content (AvgIpc) is 3.21. The first-order valence-corrected chi connectivity index (χ1v) is 13.3. The third-order valence-electron chi connectivity index (χ3n) is 8.47. The van der Waals surface area contributed by atoms with E-state index in [1.165, 1.54) is 0 Å². The van der Waals surface area contributed by atoms with Crippen LogP contribution in [0.1, 0.15) is 65.4 Å². The monoisotopic (exact) mass is 519 g/mol. The Labute approximate surface area is 218 Å². The summed E-state index contributed by atoms with van der Waals surface area (Å²) in [5.41, 5.74) is -1.75. The fourth-order valence-electron chi connectivity index (χ4n) is 6.22. The molecule has 4 atom stereocenters. The molecular formula is C27H38ClN3O5. The predicted octanol–water partition coefficient (Wildman–Crippen LogP) is 3.60. The maximum absolute atomic E-state index is 13.7. The van der Waals surface area contributed by atoms with Crippen LogP contribution >= 0.6 is 11.6 Å². The van der Waals surface area contributed by atoms with Crippen molar-refractivity contribution in [3.8, 4) is 0 Å². The first kappa shape index (κ1) is 26.7. The van der Waals surface area contributed by atoms with Crippen LogP contribution in [-0.4, -0.2) is 59.2 Å². The second-order valence-corrected chi connectivity index (χ2v) is 12.0. The molecule has 1 aromatic rings. The SMILES string of the molecule is CC(C)[C@@H](NC(=O)C1CCCC12CCNC(=O)O2)C(=O)N1CC[C@](O)(c2ccc(Cl)cc2)C(C)(C)C1. The van der Waals surface area contributed by atoms with Gasteiger partial charge < -0.3 is 25.4 Å². The molecule has 8 nitrogen and oxygen atoms in total. The largest absolute Gasteiger partial charge is 0.442 e. The number of nitrogens with zero attached hydrogens (tertiary/aromatic N) is 1. The third kappa shape index (κ3) is 4.82. The Kier molecular flexibility index (Phi) is 7.32. The maximum Gasteiger partial charge on any atom is 0.407 e. The van der Waals surface area contributed by atoms with Crippen molar-refractivity contribution in [2.24, 2.45) is 17.3 Å². The number of hydrogen-bond donors (Lipinski definition) is 3. The van der Waals surface area contributed by atoms with Gasteiger partial charge in [0.05, 0.1) is 11.5 Å². The van der Waals surface area contributed by atoms with E-state index in [9.17, 15) is 19.5 Å². The van der Waals surface area contributed by atoms with Gasteiger partial charge in [0.15, 0.2) is 0 Å². The normalized spacial score (nSPS) is 30.6. The number of halogens is 1. The summed E-state index contributed by atoms with van der Waals surface area (Å²) >= 11 is 6.04. The molecule has 1 spiro atoms. The lowest BCUT2D eigenvalue weighted by Crippen LogP contribution is -2.61. The number of likely N-dealkylation sites (tertiary alicyclic amines) is 1. The highest BCUT2D eigenvalue weighted by atomic mass is 35.5. The number of alkyl carbamates (subject to hydrolysis) is 1. The zero-order valence-corrected chi connectivity index (χ0v) is 22.4. The lowest BCUT2D eigenvalue weighted by Gasteiger charge is -2.51. The number of aliphatic hydroxyl groups is 1. The van der Waals surface area contributed by atoms with E-state index in [1.54, 1.807) is 17.0 Å². The highest BCUT2D eigenvalue weighted by molar-refractivity contribution is 6.30. The van der Waals surface area contributed by atoms with E-state index in [-0.39, 0.29) is 17.7 Å². The molecule has 0 radical (unpaired) electrons. The molecule has 2 heterocycles. The lowest BCUT2D eigenvalue weighted by molar-refractivity contribution is -0.157. The van der Waals surface area contributed by atoms with Gasteiger partial charge in [-0.15, -0.1) is 0 Å². The number of hydrogen-bond acceptors (Lipinski definition) is 5. The van der Waals surface area contributed by atoms with Gasteiger partial charge in [0.1, 0.15) is 11.6 Å². The van der Waals surface area contributed by atoms with E-state index >= 15 is 0 Å². The predicted molar refractivity (Wildman–Crippen MR) is 136 cm³/mol. The Morgan fingerprint density at radius 1 is 1.19 bits per heavy atom. The van der Waals surface area contributed by atoms with Crippen LogP contribution in [0.25, 0.3) is 0 Å². The molecule has 3 amide bonds. The summed E-state index contributed by atoms with van der Waals surface area (Å²) in [7, 11) is 0. The van der Waals surface area contributed by atoms with Crippen LogP contribution < -0.4 is 10.6 Å². The van der Waals surface area contributed by atoms with Crippen LogP contribution in [0, 0.1) is 17.3 Å². The van der Waals surface area contributed by atoms with Crippen molar-refractivity contribution in [3.63, 3.8) is 0 Å². The number of ether oxygens (including phenoxy) is 1. The summed E-state index contributed by atoms with van der Waals surface area (Å²) in [6.45, 7) is 8.94. The molecule has 4 rings (SSSR count). The minimum Gasteiger partial charge on any atom is -0.442 e. The van der Waals surface area contributed by atoms with Gasteiger partial charge in [-0.3, -0.25) is 9.59 Å². The van der Waals surface area contributed by atoms with Gasteiger partial charge in [-0.2, -0.15) is 0 Å². The molecular weight excluding hydrogens is 482 g/mol. The molecule has 3 N–H and O–H groups in total. The van der Waals surface area contributed by atoms with Gasteiger partial charge >= 0.3 is 6.09 Å². The molecule has 1 saturated carbocycles. The van der Waals surface area contributed by atoms with Crippen molar-refractivity contribution >= 4 is 29.5 Å². The molecule has 2 saturated heterocycles. The van der Waals surface area contributed by atoms with E-state index in [1.807, 2.05) is 39.8 Å². The Bertz CT molecular complexity index is 1010. The van der Waals surface area contributed by atoms with E-state index < -0.39 is 34.7 Å². The van der Waals surface area contributed by atoms with Crippen molar-refractivity contribution < 1.29 is 24.2 Å². The topological polar surface area (TPSA) is 108 Å². The molecule has 3 aliphatic rings. The van der Waals surface area contributed by atoms with Crippen molar-refractivity contribution in [1.29, 1.82) is 0 Å². The van der Waals surface area contributed by atoms with E-state index in [2.05, 4.69) is 10.6 Å². The standard InChI is InChI=1S/C27H38ClN3O5/c1-17(2)21(30-22(32)20-6-5-11-26(20)12-14-29-24(34)36-26)23(33)31-15-13-27(35,25(3,4)16-31)18-7-9-19(28)10-8-18/h7-10,17,20-21,35H,5-6,11-16H2,1-4H3,(H,29,34)(H,30,32)/t20?,21-,26?,27+/m1/s1. The minimum absolute atomic E-state index is 0.130. The minimum atomic E-state index is -1.11. The summed E-state index contributed by atoms with van der Waals surface area (Å²) in [6.07, 6.45) is 2.56. The van der Waals surface area contributed by atoms with Gasteiger partial charge in [0.2, 0.25) is 11.8 Å². The van der Waals surface area contributed by atoms with Crippen LogP contribution in [0.15, 0.2) is 24.3 Å². The molecule has 0 aromatic heterocycles. The van der Waals surface area contributed by atoms with Gasteiger partial charge in [0.25, 0.3) is 0 Å². The van der Waals surface area contributed by atoms with Crippen LogP contribution in [0.3, 0.4) is 0 Å². The van der Waals surface area contributed by atoms with Crippen LogP contribution in [0.4, 0.5) is 4.79 Å². The average molecular weight is 520 g/mol. The smallest absolute Gasteiger partial charge is 0.407 e. The van der Waals surface area contributed by atoms with Crippen LogP contribution in [-0.2, 0) is 19.9 Å². The summed E-state index contributed by atoms with van der Waals surface area (Å²) in [6, 6.07) is 6.50. The Balaban J connectivity index is 1.48. The number of rotatable bonds is 5. The van der Waals surface area contributed by atoms with E-state index in [0.29, 0.717) is 50.3 Å². The summed E-state index contributed by atoms with van der Waals surface area (Å²) in [4.78, 5) is 40.8. The molecule has 36 heavy (non-hydrogen) atoms. The van der Waals surface area contributed by atoms with Gasteiger partial charge in [0, 0.05) is 36.5 Å². The molecule has 9 heteroatoms. The fourth-order valence-corrected chi connectivity index (χ4v) is 6.34.